The third kappa shape index (κ3) is 2.08. The second-order valence-electron chi connectivity index (χ2n) is 4.56. The van der Waals surface area contributed by atoms with Crippen LogP contribution in [0.15, 0.2) is 35.2 Å². The Labute approximate surface area is 119 Å². The first-order chi connectivity index (χ1) is 9.68. The summed E-state index contributed by atoms with van der Waals surface area (Å²) < 4.78 is 0. The van der Waals surface area contributed by atoms with Crippen LogP contribution in [0.4, 0.5) is 0 Å². The lowest BCUT2D eigenvalue weighted by atomic mass is 9.92. The lowest BCUT2D eigenvalue weighted by Crippen LogP contribution is -2.43. The molecule has 1 atom stereocenters. The van der Waals surface area contributed by atoms with Gasteiger partial charge in [0, 0.05) is 11.9 Å². The number of amides is 1. The predicted molar refractivity (Wildman–Crippen MR) is 73.7 cm³/mol. The summed E-state index contributed by atoms with van der Waals surface area (Å²) in [6.07, 6.45) is 0.663. The van der Waals surface area contributed by atoms with Crippen LogP contribution in [0.5, 0.6) is 0 Å². The minimum Gasteiger partial charge on any atom is -0.479 e. The summed E-state index contributed by atoms with van der Waals surface area (Å²) in [5.74, 6) is -1.34. The van der Waals surface area contributed by atoms with Crippen LogP contribution in [0, 0.1) is 0 Å². The van der Waals surface area contributed by atoms with E-state index < -0.39 is 12.0 Å². The van der Waals surface area contributed by atoms with Crippen molar-refractivity contribution in [2.75, 3.05) is 6.54 Å². The highest BCUT2D eigenvalue weighted by Gasteiger charge is 2.36. The van der Waals surface area contributed by atoms with E-state index in [1.165, 1.54) is 16.2 Å². The molecule has 0 unspecified atom stereocenters. The molecule has 20 heavy (non-hydrogen) atoms. The highest BCUT2D eigenvalue weighted by atomic mass is 32.1. The fourth-order valence-electron chi connectivity index (χ4n) is 2.52. The average molecular weight is 288 g/mol. The first-order valence-electron chi connectivity index (χ1n) is 6.18. The van der Waals surface area contributed by atoms with Gasteiger partial charge in [0.15, 0.2) is 6.04 Å². The van der Waals surface area contributed by atoms with E-state index >= 15 is 0 Å². The molecule has 2 aromatic rings. The Morgan fingerprint density at radius 1 is 1.35 bits per heavy atom. The first-order valence-corrected chi connectivity index (χ1v) is 7.12. The van der Waals surface area contributed by atoms with Crippen LogP contribution in [0.25, 0.3) is 0 Å². The van der Waals surface area contributed by atoms with Crippen molar-refractivity contribution in [2.45, 2.75) is 12.5 Å². The van der Waals surface area contributed by atoms with Crippen LogP contribution in [-0.4, -0.2) is 33.4 Å². The van der Waals surface area contributed by atoms with Crippen molar-refractivity contribution >= 4 is 23.2 Å². The largest absolute Gasteiger partial charge is 0.479 e. The molecule has 1 amide bonds. The maximum atomic E-state index is 12.4. The van der Waals surface area contributed by atoms with Crippen molar-refractivity contribution in [3.63, 3.8) is 0 Å². The summed E-state index contributed by atoms with van der Waals surface area (Å²) in [5, 5.41) is 11.1. The Morgan fingerprint density at radius 2 is 2.15 bits per heavy atom. The van der Waals surface area contributed by atoms with Crippen LogP contribution in [0.1, 0.15) is 27.7 Å². The van der Waals surface area contributed by atoms with Gasteiger partial charge in [-0.3, -0.25) is 4.79 Å². The minimum absolute atomic E-state index is 0.306. The van der Waals surface area contributed by atoms with Crippen LogP contribution in [0.2, 0.25) is 0 Å². The maximum Gasteiger partial charge on any atom is 0.331 e. The number of hydrogen-bond acceptors (Lipinski definition) is 4. The second-order valence-corrected chi connectivity index (χ2v) is 5.28. The quantitative estimate of drug-likeness (QED) is 0.917. The molecule has 0 bridgehead atoms. The molecule has 1 N–H and O–H groups in total. The van der Waals surface area contributed by atoms with Crippen molar-refractivity contribution < 1.29 is 14.7 Å². The van der Waals surface area contributed by atoms with Gasteiger partial charge in [-0.15, -0.1) is 11.3 Å². The smallest absolute Gasteiger partial charge is 0.331 e. The first kappa shape index (κ1) is 12.8. The SMILES string of the molecule is O=C(O)[C@H]1c2ccccc2CCN1C(=O)c1cscn1. The van der Waals surface area contributed by atoms with Crippen LogP contribution in [-0.2, 0) is 11.2 Å². The molecule has 0 spiro atoms. The number of carboxylic acid groups (broad SMARTS) is 1. The molecular weight excluding hydrogens is 276 g/mol. The van der Waals surface area contributed by atoms with Gasteiger partial charge >= 0.3 is 5.97 Å². The van der Waals surface area contributed by atoms with E-state index in [0.717, 1.165) is 5.56 Å². The Balaban J connectivity index is 2.01. The summed E-state index contributed by atoms with van der Waals surface area (Å²) in [4.78, 5) is 29.3. The number of aromatic nitrogens is 1. The van der Waals surface area contributed by atoms with Gasteiger partial charge in [0.2, 0.25) is 0 Å². The monoisotopic (exact) mass is 288 g/mol. The molecule has 3 rings (SSSR count). The number of fused-ring (bicyclic) bond motifs is 1. The number of hydrogen-bond donors (Lipinski definition) is 1. The summed E-state index contributed by atoms with van der Waals surface area (Å²) in [6.45, 7) is 0.393. The number of nitrogens with zero attached hydrogens (tertiary/aromatic N) is 2. The zero-order valence-electron chi connectivity index (χ0n) is 10.5. The average Bonchev–Trinajstić information content (AvgIpc) is 2.99. The van der Waals surface area contributed by atoms with Crippen molar-refractivity contribution in [3.8, 4) is 0 Å². The molecule has 5 nitrogen and oxygen atoms in total. The molecular formula is C14H12N2O3S. The molecule has 0 saturated heterocycles. The van der Waals surface area contributed by atoms with Crippen LogP contribution < -0.4 is 0 Å². The van der Waals surface area contributed by atoms with Gasteiger partial charge in [-0.25, -0.2) is 9.78 Å². The van der Waals surface area contributed by atoms with Crippen molar-refractivity contribution in [2.24, 2.45) is 0 Å². The molecule has 1 aromatic carbocycles. The molecule has 6 heteroatoms. The Hall–Kier alpha value is -2.21. The Morgan fingerprint density at radius 3 is 2.85 bits per heavy atom. The number of thiazole rings is 1. The predicted octanol–water partition coefficient (Wildman–Crippen LogP) is 1.97. The molecule has 102 valence electrons. The summed E-state index contributed by atoms with van der Waals surface area (Å²) in [6, 6.07) is 6.43. The fourth-order valence-corrected chi connectivity index (χ4v) is 3.04. The number of carboxylic acids is 1. The van der Waals surface area contributed by atoms with E-state index in [1.807, 2.05) is 12.1 Å². The van der Waals surface area contributed by atoms with E-state index in [4.69, 9.17) is 0 Å². The number of rotatable bonds is 2. The second kappa shape index (κ2) is 5.05. The van der Waals surface area contributed by atoms with Gasteiger partial charge in [0.1, 0.15) is 5.69 Å². The van der Waals surface area contributed by atoms with Crippen LogP contribution in [0.3, 0.4) is 0 Å². The van der Waals surface area contributed by atoms with Crippen molar-refractivity contribution in [3.05, 3.63) is 52.0 Å². The van der Waals surface area contributed by atoms with E-state index in [1.54, 1.807) is 23.0 Å². The topological polar surface area (TPSA) is 70.5 Å². The van der Waals surface area contributed by atoms with E-state index in [2.05, 4.69) is 4.98 Å². The minimum atomic E-state index is -1.01. The Kier molecular flexibility index (Phi) is 3.23. The normalized spacial score (nSPS) is 17.6. The van der Waals surface area contributed by atoms with Gasteiger partial charge in [0.05, 0.1) is 5.51 Å². The lowest BCUT2D eigenvalue weighted by molar-refractivity contribution is -0.143. The van der Waals surface area contributed by atoms with Crippen molar-refractivity contribution in [1.82, 2.24) is 9.88 Å². The molecule has 0 aliphatic carbocycles. The summed E-state index contributed by atoms with van der Waals surface area (Å²) in [7, 11) is 0. The van der Waals surface area contributed by atoms with Gasteiger partial charge in [-0.2, -0.15) is 0 Å². The molecule has 2 heterocycles. The van der Waals surface area contributed by atoms with Gasteiger partial charge in [-0.1, -0.05) is 24.3 Å². The summed E-state index contributed by atoms with van der Waals surface area (Å²) >= 11 is 1.32. The zero-order valence-corrected chi connectivity index (χ0v) is 11.3. The van der Waals surface area contributed by atoms with E-state index in [0.29, 0.717) is 24.2 Å². The molecule has 0 fully saturated rings. The van der Waals surface area contributed by atoms with Gasteiger partial charge in [0.25, 0.3) is 5.91 Å². The standard InChI is InChI=1S/C14H12N2O3S/c17-13(11-7-20-8-15-11)16-6-5-9-3-1-2-4-10(9)12(16)14(18)19/h1-4,7-8,12H,5-6H2,(H,18,19)/t12-/m1/s1. The zero-order chi connectivity index (χ0) is 14.1. The van der Waals surface area contributed by atoms with E-state index in [9.17, 15) is 14.7 Å². The molecule has 0 radical (unpaired) electrons. The van der Waals surface area contributed by atoms with E-state index in [-0.39, 0.29) is 5.91 Å². The van der Waals surface area contributed by atoms with Gasteiger partial charge < -0.3 is 10.0 Å². The fraction of sp³-hybridized carbons (Fsp3) is 0.214. The molecule has 1 aliphatic rings. The van der Waals surface area contributed by atoms with Crippen molar-refractivity contribution in [1.29, 1.82) is 0 Å². The Bertz CT molecular complexity index is 654. The van der Waals surface area contributed by atoms with Gasteiger partial charge in [-0.05, 0) is 17.5 Å². The third-order valence-corrected chi connectivity index (χ3v) is 4.02. The highest BCUT2D eigenvalue weighted by Crippen LogP contribution is 2.31. The lowest BCUT2D eigenvalue weighted by Gasteiger charge is -2.34. The number of carbonyl (C=O) groups excluding carboxylic acids is 1. The molecule has 1 aromatic heterocycles. The van der Waals surface area contributed by atoms with Crippen LogP contribution >= 0.6 is 11.3 Å². The summed E-state index contributed by atoms with van der Waals surface area (Å²) in [5.41, 5.74) is 3.55. The number of carbonyl (C=O) groups is 2. The maximum absolute atomic E-state index is 12.4. The molecule has 0 saturated carbocycles. The third-order valence-electron chi connectivity index (χ3n) is 3.43. The highest BCUT2D eigenvalue weighted by molar-refractivity contribution is 7.07. The molecule has 1 aliphatic heterocycles. The number of aliphatic carboxylic acids is 1. The number of benzene rings is 1.